The molecule has 3 aromatic rings. The van der Waals surface area contributed by atoms with Crippen LogP contribution in [-0.2, 0) is 14.8 Å². The maximum absolute atomic E-state index is 12.6. The van der Waals surface area contributed by atoms with E-state index >= 15 is 0 Å². The van der Waals surface area contributed by atoms with Crippen LogP contribution < -0.4 is 20.9 Å². The van der Waals surface area contributed by atoms with Crippen molar-refractivity contribution in [1.82, 2.24) is 15.8 Å². The molecule has 0 spiro atoms. The number of amides is 3. The summed E-state index contributed by atoms with van der Waals surface area (Å²) < 4.78 is 27.6. The van der Waals surface area contributed by atoms with Crippen molar-refractivity contribution in [2.24, 2.45) is 0 Å². The predicted molar refractivity (Wildman–Crippen MR) is 120 cm³/mol. The minimum atomic E-state index is -3.97. The Labute approximate surface area is 192 Å². The number of anilines is 2. The van der Waals surface area contributed by atoms with Gasteiger partial charge < -0.3 is 5.32 Å². The fourth-order valence-corrected chi connectivity index (χ4v) is 4.34. The van der Waals surface area contributed by atoms with Gasteiger partial charge in [-0.1, -0.05) is 17.7 Å². The molecule has 0 atom stereocenters. The Morgan fingerprint density at radius 2 is 1.69 bits per heavy atom. The zero-order chi connectivity index (χ0) is 23.3. The number of benzene rings is 2. The minimum absolute atomic E-state index is 0.00138. The lowest BCUT2D eigenvalue weighted by Gasteiger charge is -2.10. The summed E-state index contributed by atoms with van der Waals surface area (Å²) in [5, 5.41) is 4.54. The second-order valence-corrected chi connectivity index (χ2v) is 9.24. The molecule has 32 heavy (non-hydrogen) atoms. The van der Waals surface area contributed by atoms with E-state index < -0.39 is 21.8 Å². The van der Waals surface area contributed by atoms with E-state index in [2.05, 4.69) is 25.9 Å². The van der Waals surface area contributed by atoms with Gasteiger partial charge in [0.1, 0.15) is 5.69 Å². The lowest BCUT2D eigenvalue weighted by molar-refractivity contribution is -0.114. The topological polar surface area (TPSA) is 146 Å². The first-order valence-corrected chi connectivity index (χ1v) is 11.6. The lowest BCUT2D eigenvalue weighted by atomic mass is 10.2. The van der Waals surface area contributed by atoms with E-state index in [4.69, 9.17) is 11.6 Å². The number of thiazole rings is 1. The second-order valence-electron chi connectivity index (χ2n) is 6.27. The number of hydrogen-bond acceptors (Lipinski definition) is 7. The van der Waals surface area contributed by atoms with Crippen molar-refractivity contribution in [1.29, 1.82) is 0 Å². The van der Waals surface area contributed by atoms with Crippen molar-refractivity contribution >= 4 is 61.5 Å². The molecule has 3 amide bonds. The quantitative estimate of drug-likeness (QED) is 0.388. The molecule has 0 saturated heterocycles. The predicted octanol–water partition coefficient (Wildman–Crippen LogP) is 2.63. The molecule has 166 valence electrons. The Morgan fingerprint density at radius 1 is 1.00 bits per heavy atom. The Balaban J connectivity index is 1.65. The number of nitrogens with one attached hydrogen (secondary N) is 4. The highest BCUT2D eigenvalue weighted by atomic mass is 35.5. The van der Waals surface area contributed by atoms with Crippen LogP contribution in [0.1, 0.15) is 27.8 Å². The number of rotatable bonds is 6. The first-order chi connectivity index (χ1) is 15.1. The van der Waals surface area contributed by atoms with Crippen LogP contribution >= 0.6 is 22.9 Å². The SMILES string of the molecule is CC(=O)Nc1nc(C(=O)NNC(=O)c2cccc(S(=O)(=O)Nc3ccc(Cl)cc3)c2)cs1. The van der Waals surface area contributed by atoms with Crippen molar-refractivity contribution in [2.45, 2.75) is 11.8 Å². The Bertz CT molecular complexity index is 1280. The summed E-state index contributed by atoms with van der Waals surface area (Å²) in [5.41, 5.74) is 4.67. The number of sulfonamides is 1. The van der Waals surface area contributed by atoms with E-state index in [0.29, 0.717) is 10.7 Å². The molecule has 0 aliphatic heterocycles. The average molecular weight is 494 g/mol. The Hall–Kier alpha value is -3.48. The van der Waals surface area contributed by atoms with Crippen molar-refractivity contribution in [2.75, 3.05) is 10.0 Å². The molecule has 10 nitrogen and oxygen atoms in total. The van der Waals surface area contributed by atoms with Gasteiger partial charge in [-0.2, -0.15) is 0 Å². The van der Waals surface area contributed by atoms with E-state index in [0.717, 1.165) is 17.4 Å². The molecule has 0 bridgehead atoms. The molecule has 0 aliphatic carbocycles. The van der Waals surface area contributed by atoms with E-state index in [-0.39, 0.29) is 27.2 Å². The Kier molecular flexibility index (Phi) is 7.08. The van der Waals surface area contributed by atoms with Crippen LogP contribution in [0.25, 0.3) is 0 Å². The monoisotopic (exact) mass is 493 g/mol. The zero-order valence-electron chi connectivity index (χ0n) is 16.4. The van der Waals surface area contributed by atoms with Crippen molar-refractivity contribution in [3.05, 3.63) is 70.2 Å². The molecule has 0 fully saturated rings. The fraction of sp³-hybridized carbons (Fsp3) is 0.0526. The molecule has 0 aliphatic rings. The van der Waals surface area contributed by atoms with Gasteiger partial charge in [-0.25, -0.2) is 13.4 Å². The van der Waals surface area contributed by atoms with E-state index in [1.165, 1.54) is 54.8 Å². The number of halogens is 1. The molecule has 3 rings (SSSR count). The van der Waals surface area contributed by atoms with Crippen molar-refractivity contribution in [3.8, 4) is 0 Å². The van der Waals surface area contributed by atoms with Gasteiger partial charge in [0.05, 0.1) is 4.90 Å². The molecule has 0 radical (unpaired) electrons. The van der Waals surface area contributed by atoms with Crippen LogP contribution in [0.15, 0.2) is 58.8 Å². The van der Waals surface area contributed by atoms with E-state index in [1.54, 1.807) is 0 Å². The largest absolute Gasteiger partial charge is 0.302 e. The van der Waals surface area contributed by atoms with Gasteiger partial charge in [0.2, 0.25) is 5.91 Å². The number of carbonyl (C=O) groups is 3. The van der Waals surface area contributed by atoms with Gasteiger partial charge in [0.25, 0.3) is 21.8 Å². The standard InChI is InChI=1S/C19H16ClN5O5S2/c1-11(26)21-19-22-16(10-31-19)18(28)24-23-17(27)12-3-2-4-15(9-12)32(29,30)25-14-7-5-13(20)6-8-14/h2-10,25H,1H3,(H,23,27)(H,24,28)(H,21,22,26). The highest BCUT2D eigenvalue weighted by Crippen LogP contribution is 2.19. The van der Waals surface area contributed by atoms with Gasteiger partial charge in [-0.05, 0) is 42.5 Å². The molecule has 13 heteroatoms. The van der Waals surface area contributed by atoms with Gasteiger partial charge in [0.15, 0.2) is 5.13 Å². The highest BCUT2D eigenvalue weighted by Gasteiger charge is 2.18. The molecular formula is C19H16ClN5O5S2. The summed E-state index contributed by atoms with van der Waals surface area (Å²) in [6, 6.07) is 11.3. The summed E-state index contributed by atoms with van der Waals surface area (Å²) in [6.45, 7) is 1.31. The van der Waals surface area contributed by atoms with Crippen LogP contribution in [0, 0.1) is 0 Å². The molecule has 4 N–H and O–H groups in total. The third-order valence-corrected chi connectivity index (χ3v) is 6.20. The second kappa shape index (κ2) is 9.77. The summed E-state index contributed by atoms with van der Waals surface area (Å²) in [7, 11) is -3.97. The molecule has 2 aromatic carbocycles. The Morgan fingerprint density at radius 3 is 2.38 bits per heavy atom. The van der Waals surface area contributed by atoms with E-state index in [9.17, 15) is 22.8 Å². The number of hydrogen-bond donors (Lipinski definition) is 4. The highest BCUT2D eigenvalue weighted by molar-refractivity contribution is 7.92. The van der Waals surface area contributed by atoms with Crippen molar-refractivity contribution < 1.29 is 22.8 Å². The zero-order valence-corrected chi connectivity index (χ0v) is 18.8. The van der Waals surface area contributed by atoms with Gasteiger partial charge in [-0.15, -0.1) is 11.3 Å². The smallest absolute Gasteiger partial charge is 0.289 e. The first-order valence-electron chi connectivity index (χ1n) is 8.86. The molecule has 0 saturated carbocycles. The lowest BCUT2D eigenvalue weighted by Crippen LogP contribution is -2.41. The van der Waals surface area contributed by atoms with Gasteiger partial charge >= 0.3 is 0 Å². The molecule has 1 heterocycles. The summed E-state index contributed by atoms with van der Waals surface area (Å²) in [6.07, 6.45) is 0. The van der Waals surface area contributed by atoms with Gasteiger partial charge in [-0.3, -0.25) is 30.0 Å². The van der Waals surface area contributed by atoms with Crippen molar-refractivity contribution in [3.63, 3.8) is 0 Å². The normalized spacial score (nSPS) is 10.8. The summed E-state index contributed by atoms with van der Waals surface area (Å²) in [4.78, 5) is 39.3. The number of hydrazine groups is 1. The maximum atomic E-state index is 12.6. The van der Waals surface area contributed by atoms with Crippen LogP contribution in [0.3, 0.4) is 0 Å². The number of aromatic nitrogens is 1. The summed E-state index contributed by atoms with van der Waals surface area (Å²) in [5.74, 6) is -1.78. The molecular weight excluding hydrogens is 478 g/mol. The van der Waals surface area contributed by atoms with Crippen LogP contribution in [-0.4, -0.2) is 31.1 Å². The van der Waals surface area contributed by atoms with Gasteiger partial charge in [0, 0.05) is 28.6 Å². The maximum Gasteiger partial charge on any atom is 0.289 e. The van der Waals surface area contributed by atoms with E-state index in [1.807, 2.05) is 0 Å². The summed E-state index contributed by atoms with van der Waals surface area (Å²) >= 11 is 6.84. The van der Waals surface area contributed by atoms with Crippen LogP contribution in [0.5, 0.6) is 0 Å². The van der Waals surface area contributed by atoms with Crippen LogP contribution in [0.4, 0.5) is 10.8 Å². The number of carbonyl (C=O) groups excluding carboxylic acids is 3. The third-order valence-electron chi connectivity index (χ3n) is 3.81. The first kappa shape index (κ1) is 23.2. The molecule has 0 unspecified atom stereocenters. The fourth-order valence-electron chi connectivity index (χ4n) is 2.37. The number of nitrogens with zero attached hydrogens (tertiary/aromatic N) is 1. The molecule has 1 aromatic heterocycles. The average Bonchev–Trinajstić information content (AvgIpc) is 3.21. The van der Waals surface area contributed by atoms with Crippen LogP contribution in [0.2, 0.25) is 5.02 Å². The minimum Gasteiger partial charge on any atom is -0.302 e. The third kappa shape index (κ3) is 6.03.